The molecule has 1 unspecified atom stereocenters. The number of nitrogens with one attached hydrogen (secondary N) is 1. The zero-order valence-corrected chi connectivity index (χ0v) is 12.5. The van der Waals surface area contributed by atoms with E-state index in [0.717, 1.165) is 5.56 Å². The highest BCUT2D eigenvalue weighted by Crippen LogP contribution is 2.05. The first-order chi connectivity index (χ1) is 10.3. The van der Waals surface area contributed by atoms with Gasteiger partial charge < -0.3 is 10.4 Å². The maximum absolute atomic E-state index is 12.3. The van der Waals surface area contributed by atoms with E-state index < -0.39 is 23.5 Å². The molecule has 1 amide bonds. The third-order valence-corrected chi connectivity index (χ3v) is 3.33. The van der Waals surface area contributed by atoms with Crippen molar-refractivity contribution in [2.45, 2.75) is 26.8 Å². The van der Waals surface area contributed by atoms with E-state index in [1.807, 2.05) is 6.92 Å². The van der Waals surface area contributed by atoms with Crippen molar-refractivity contribution in [3.05, 3.63) is 46.0 Å². The lowest BCUT2D eigenvalue weighted by Gasteiger charge is -2.17. The fourth-order valence-corrected chi connectivity index (χ4v) is 2.06. The molecule has 0 radical (unpaired) electrons. The molecule has 0 aromatic carbocycles. The predicted octanol–water partition coefficient (Wildman–Crippen LogP) is 0.842. The maximum atomic E-state index is 12.3. The standard InChI is InChI=1S/C15H17N3O4/c1-8(2)12(15(21)22)17-13(19)10-7-16-11-6-9(3)4-5-18(11)14(10)20/h4-8,12H,1-3H3,(H,17,19)(H,21,22). The summed E-state index contributed by atoms with van der Waals surface area (Å²) in [6.07, 6.45) is 2.71. The van der Waals surface area contributed by atoms with Gasteiger partial charge in [0, 0.05) is 12.4 Å². The van der Waals surface area contributed by atoms with Gasteiger partial charge in [0.25, 0.3) is 11.5 Å². The van der Waals surface area contributed by atoms with E-state index in [-0.39, 0.29) is 11.5 Å². The van der Waals surface area contributed by atoms with Crippen molar-refractivity contribution in [3.8, 4) is 0 Å². The molecule has 2 N–H and O–H groups in total. The van der Waals surface area contributed by atoms with Crippen molar-refractivity contribution in [1.29, 1.82) is 0 Å². The van der Waals surface area contributed by atoms with Crippen LogP contribution in [0.2, 0.25) is 0 Å². The van der Waals surface area contributed by atoms with E-state index in [9.17, 15) is 14.4 Å². The zero-order chi connectivity index (χ0) is 16.4. The normalized spacial score (nSPS) is 12.4. The Morgan fingerprint density at radius 2 is 2.05 bits per heavy atom. The van der Waals surface area contributed by atoms with Gasteiger partial charge in [-0.1, -0.05) is 13.8 Å². The molecule has 0 saturated carbocycles. The predicted molar refractivity (Wildman–Crippen MR) is 79.9 cm³/mol. The maximum Gasteiger partial charge on any atom is 0.326 e. The topological polar surface area (TPSA) is 101 Å². The second-order valence-electron chi connectivity index (χ2n) is 5.44. The molecule has 1 atom stereocenters. The first-order valence-corrected chi connectivity index (χ1v) is 6.83. The lowest BCUT2D eigenvalue weighted by molar-refractivity contribution is -0.140. The number of fused-ring (bicyclic) bond motifs is 1. The van der Waals surface area contributed by atoms with Gasteiger partial charge in [-0.05, 0) is 30.5 Å². The molecule has 2 heterocycles. The number of amides is 1. The van der Waals surface area contributed by atoms with Crippen LogP contribution in [0.25, 0.3) is 5.65 Å². The zero-order valence-electron chi connectivity index (χ0n) is 12.5. The van der Waals surface area contributed by atoms with Crippen LogP contribution < -0.4 is 10.9 Å². The van der Waals surface area contributed by atoms with Crippen LogP contribution in [0.5, 0.6) is 0 Å². The van der Waals surface area contributed by atoms with Gasteiger partial charge >= 0.3 is 5.97 Å². The molecule has 7 heteroatoms. The highest BCUT2D eigenvalue weighted by atomic mass is 16.4. The summed E-state index contributed by atoms with van der Waals surface area (Å²) in [6.45, 7) is 5.22. The summed E-state index contributed by atoms with van der Waals surface area (Å²) in [5.74, 6) is -2.19. The second kappa shape index (κ2) is 5.97. The molecule has 0 aliphatic rings. The molecular weight excluding hydrogens is 286 g/mol. The summed E-state index contributed by atoms with van der Waals surface area (Å²) in [5, 5.41) is 11.5. The highest BCUT2D eigenvalue weighted by Gasteiger charge is 2.25. The molecule has 0 aliphatic carbocycles. The third-order valence-electron chi connectivity index (χ3n) is 3.33. The van der Waals surface area contributed by atoms with Gasteiger partial charge in [-0.15, -0.1) is 0 Å². The van der Waals surface area contributed by atoms with E-state index in [1.165, 1.54) is 16.8 Å². The van der Waals surface area contributed by atoms with E-state index in [4.69, 9.17) is 5.11 Å². The molecule has 0 aliphatic heterocycles. The van der Waals surface area contributed by atoms with Crippen LogP contribution in [0.15, 0.2) is 29.3 Å². The minimum Gasteiger partial charge on any atom is -0.480 e. The van der Waals surface area contributed by atoms with Gasteiger partial charge in [0.15, 0.2) is 0 Å². The van der Waals surface area contributed by atoms with Gasteiger partial charge in [-0.3, -0.25) is 14.0 Å². The Kier molecular flexibility index (Phi) is 4.25. The van der Waals surface area contributed by atoms with E-state index in [1.54, 1.807) is 26.0 Å². The molecule has 2 aromatic heterocycles. The fraction of sp³-hybridized carbons (Fsp3) is 0.333. The summed E-state index contributed by atoms with van der Waals surface area (Å²) >= 11 is 0. The van der Waals surface area contributed by atoms with Crippen molar-refractivity contribution >= 4 is 17.5 Å². The van der Waals surface area contributed by atoms with Crippen molar-refractivity contribution < 1.29 is 14.7 Å². The van der Waals surface area contributed by atoms with E-state index in [0.29, 0.717) is 5.65 Å². The minimum absolute atomic E-state index is 0.187. The van der Waals surface area contributed by atoms with Crippen LogP contribution in [-0.4, -0.2) is 32.4 Å². The van der Waals surface area contributed by atoms with Gasteiger partial charge in [0.05, 0.1) is 0 Å². The van der Waals surface area contributed by atoms with Crippen LogP contribution in [-0.2, 0) is 4.79 Å². The van der Waals surface area contributed by atoms with Crippen molar-refractivity contribution in [3.63, 3.8) is 0 Å². The summed E-state index contributed by atoms with van der Waals surface area (Å²) in [7, 11) is 0. The largest absolute Gasteiger partial charge is 0.480 e. The minimum atomic E-state index is -1.15. The molecule has 0 fully saturated rings. The summed E-state index contributed by atoms with van der Waals surface area (Å²) < 4.78 is 1.26. The van der Waals surface area contributed by atoms with Gasteiger partial charge in [0.1, 0.15) is 17.3 Å². The number of aryl methyl sites for hydroxylation is 1. The Hall–Kier alpha value is -2.70. The summed E-state index contributed by atoms with van der Waals surface area (Å²) in [5.41, 5.74) is 0.652. The second-order valence-corrected chi connectivity index (χ2v) is 5.44. The molecule has 7 nitrogen and oxygen atoms in total. The number of pyridine rings is 1. The monoisotopic (exact) mass is 303 g/mol. The molecule has 2 rings (SSSR count). The number of carboxylic acids is 1. The molecule has 0 saturated heterocycles. The molecule has 22 heavy (non-hydrogen) atoms. The average molecular weight is 303 g/mol. The van der Waals surface area contributed by atoms with Crippen molar-refractivity contribution in [2.75, 3.05) is 0 Å². The van der Waals surface area contributed by atoms with Gasteiger partial charge in [0.2, 0.25) is 0 Å². The Morgan fingerprint density at radius 1 is 1.36 bits per heavy atom. The SMILES string of the molecule is Cc1ccn2c(=O)c(C(=O)NC(C(=O)O)C(C)C)cnc2c1. The van der Waals surface area contributed by atoms with Crippen molar-refractivity contribution in [1.82, 2.24) is 14.7 Å². The quantitative estimate of drug-likeness (QED) is 0.871. The Bertz CT molecular complexity index is 795. The number of rotatable bonds is 4. The Morgan fingerprint density at radius 3 is 2.64 bits per heavy atom. The van der Waals surface area contributed by atoms with E-state index in [2.05, 4.69) is 10.3 Å². The molecule has 0 bridgehead atoms. The number of aromatic nitrogens is 2. The lowest BCUT2D eigenvalue weighted by Crippen LogP contribution is -2.45. The van der Waals surface area contributed by atoms with Gasteiger partial charge in [-0.2, -0.15) is 0 Å². The fourth-order valence-electron chi connectivity index (χ4n) is 2.06. The van der Waals surface area contributed by atoms with Crippen LogP contribution >= 0.6 is 0 Å². The Labute approximate surface area is 126 Å². The van der Waals surface area contributed by atoms with Crippen LogP contribution in [0.3, 0.4) is 0 Å². The molecule has 0 spiro atoms. The number of hydrogen-bond donors (Lipinski definition) is 2. The summed E-state index contributed by atoms with van der Waals surface area (Å²) in [4.78, 5) is 39.7. The number of carboxylic acid groups (broad SMARTS) is 1. The van der Waals surface area contributed by atoms with Crippen molar-refractivity contribution in [2.24, 2.45) is 5.92 Å². The van der Waals surface area contributed by atoms with Gasteiger partial charge in [-0.25, -0.2) is 9.78 Å². The number of carbonyl (C=O) groups excluding carboxylic acids is 1. The highest BCUT2D eigenvalue weighted by molar-refractivity contribution is 5.96. The van der Waals surface area contributed by atoms with Crippen LogP contribution in [0.1, 0.15) is 29.8 Å². The lowest BCUT2D eigenvalue weighted by atomic mass is 10.0. The molecular formula is C15H17N3O4. The van der Waals surface area contributed by atoms with Crippen LogP contribution in [0, 0.1) is 12.8 Å². The number of aliphatic carboxylic acids is 1. The summed E-state index contributed by atoms with van der Waals surface area (Å²) in [6, 6.07) is 2.38. The number of hydrogen-bond acceptors (Lipinski definition) is 4. The number of carbonyl (C=O) groups is 2. The molecule has 2 aromatic rings. The van der Waals surface area contributed by atoms with Crippen LogP contribution in [0.4, 0.5) is 0 Å². The first-order valence-electron chi connectivity index (χ1n) is 6.83. The number of nitrogens with zero attached hydrogens (tertiary/aromatic N) is 2. The average Bonchev–Trinajstić information content (AvgIpc) is 2.43. The third kappa shape index (κ3) is 2.98. The Balaban J connectivity index is 2.40. The first kappa shape index (κ1) is 15.7. The van der Waals surface area contributed by atoms with E-state index >= 15 is 0 Å². The smallest absolute Gasteiger partial charge is 0.326 e. The molecule has 116 valence electrons.